The summed E-state index contributed by atoms with van der Waals surface area (Å²) in [5, 5.41) is 16.5. The summed E-state index contributed by atoms with van der Waals surface area (Å²) < 4.78 is 5.53. The minimum atomic E-state index is -0.921. The van der Waals surface area contributed by atoms with Gasteiger partial charge in [-0.2, -0.15) is 0 Å². The van der Waals surface area contributed by atoms with Gasteiger partial charge >= 0.3 is 12.1 Å². The Morgan fingerprint density at radius 2 is 1.74 bits per heavy atom. The predicted molar refractivity (Wildman–Crippen MR) is 134 cm³/mol. The van der Waals surface area contributed by atoms with Crippen molar-refractivity contribution in [2.75, 3.05) is 18.5 Å². The van der Waals surface area contributed by atoms with Crippen LogP contribution < -0.4 is 10.6 Å². The Labute approximate surface area is 207 Å². The van der Waals surface area contributed by atoms with Gasteiger partial charge < -0.3 is 15.2 Å². The normalized spacial score (nSPS) is 12.9. The van der Waals surface area contributed by atoms with E-state index in [1.165, 1.54) is 11.3 Å². The van der Waals surface area contributed by atoms with Crippen LogP contribution in [0, 0.1) is 5.92 Å². The number of fused-ring (bicyclic) bond motifs is 3. The first-order chi connectivity index (χ1) is 17.0. The second-order valence-corrected chi connectivity index (χ2v) is 9.26. The zero-order valence-electron chi connectivity index (χ0n) is 19.3. The summed E-state index contributed by atoms with van der Waals surface area (Å²) in [5.41, 5.74) is 5.07. The van der Waals surface area contributed by atoms with Crippen LogP contribution in [0.4, 0.5) is 9.93 Å². The van der Waals surface area contributed by atoms with Crippen LogP contribution in [-0.4, -0.2) is 41.2 Å². The van der Waals surface area contributed by atoms with E-state index in [-0.39, 0.29) is 31.4 Å². The van der Waals surface area contributed by atoms with Crippen molar-refractivity contribution in [1.82, 2.24) is 10.3 Å². The lowest BCUT2D eigenvalue weighted by atomic mass is 9.98. The molecule has 1 aliphatic carbocycles. The third-order valence-corrected chi connectivity index (χ3v) is 6.78. The van der Waals surface area contributed by atoms with E-state index in [0.29, 0.717) is 17.2 Å². The molecule has 1 heterocycles. The van der Waals surface area contributed by atoms with Crippen molar-refractivity contribution in [2.45, 2.75) is 32.1 Å². The molecule has 8 nitrogen and oxygen atoms in total. The van der Waals surface area contributed by atoms with Gasteiger partial charge in [0.1, 0.15) is 6.61 Å². The Hall–Kier alpha value is -3.72. The van der Waals surface area contributed by atoms with E-state index in [0.717, 1.165) is 28.7 Å². The summed E-state index contributed by atoms with van der Waals surface area (Å²) in [6.45, 7) is 2.18. The summed E-state index contributed by atoms with van der Waals surface area (Å²) in [7, 11) is 0. The van der Waals surface area contributed by atoms with Crippen molar-refractivity contribution >= 4 is 34.4 Å². The van der Waals surface area contributed by atoms with E-state index in [9.17, 15) is 19.5 Å². The highest BCUT2D eigenvalue weighted by molar-refractivity contribution is 7.13. The van der Waals surface area contributed by atoms with Gasteiger partial charge in [-0.05, 0) is 28.7 Å². The van der Waals surface area contributed by atoms with E-state index in [1.54, 1.807) is 5.38 Å². The molecule has 9 heteroatoms. The largest absolute Gasteiger partial charge is 0.481 e. The number of carbonyl (C=O) groups excluding carboxylic acids is 2. The summed E-state index contributed by atoms with van der Waals surface area (Å²) in [4.78, 5) is 40.1. The average Bonchev–Trinajstić information content (AvgIpc) is 3.42. The molecule has 4 rings (SSSR count). The van der Waals surface area contributed by atoms with Gasteiger partial charge in [0.25, 0.3) is 0 Å². The van der Waals surface area contributed by atoms with Crippen molar-refractivity contribution in [1.29, 1.82) is 0 Å². The molecule has 1 atom stereocenters. The monoisotopic (exact) mass is 493 g/mol. The van der Waals surface area contributed by atoms with Gasteiger partial charge in [-0.15, -0.1) is 11.3 Å². The van der Waals surface area contributed by atoms with E-state index >= 15 is 0 Å². The fourth-order valence-corrected chi connectivity index (χ4v) is 4.99. The van der Waals surface area contributed by atoms with Crippen molar-refractivity contribution in [3.8, 4) is 11.1 Å². The van der Waals surface area contributed by atoms with Crippen molar-refractivity contribution in [3.05, 3.63) is 70.7 Å². The second-order valence-electron chi connectivity index (χ2n) is 8.40. The van der Waals surface area contributed by atoms with E-state index in [2.05, 4.69) is 39.9 Å². The quantitative estimate of drug-likeness (QED) is 0.378. The number of hydrogen-bond donors (Lipinski definition) is 3. The fourth-order valence-electron chi connectivity index (χ4n) is 4.29. The number of aromatic nitrogens is 1. The molecular formula is C26H27N3O5S. The summed E-state index contributed by atoms with van der Waals surface area (Å²) >= 11 is 1.20. The highest BCUT2D eigenvalue weighted by Crippen LogP contribution is 2.44. The summed E-state index contributed by atoms with van der Waals surface area (Å²) in [6, 6.07) is 16.2. The van der Waals surface area contributed by atoms with Gasteiger partial charge in [0, 0.05) is 17.8 Å². The molecule has 3 N–H and O–H groups in total. The van der Waals surface area contributed by atoms with Crippen molar-refractivity contribution in [3.63, 3.8) is 0 Å². The average molecular weight is 494 g/mol. The van der Waals surface area contributed by atoms with Crippen LogP contribution in [0.1, 0.15) is 42.5 Å². The third-order valence-electron chi connectivity index (χ3n) is 5.98. The Morgan fingerprint density at radius 1 is 1.09 bits per heavy atom. The molecule has 1 aliphatic rings. The number of hydrogen-bond acceptors (Lipinski definition) is 6. The number of anilines is 1. The lowest BCUT2D eigenvalue weighted by Crippen LogP contribution is -2.33. The zero-order chi connectivity index (χ0) is 24.8. The maximum Gasteiger partial charge on any atom is 0.413 e. The van der Waals surface area contributed by atoms with Gasteiger partial charge in [-0.25, -0.2) is 9.78 Å². The van der Waals surface area contributed by atoms with Gasteiger partial charge in [0.05, 0.1) is 18.0 Å². The maximum atomic E-state index is 12.4. The van der Waals surface area contributed by atoms with Gasteiger partial charge in [-0.3, -0.25) is 14.9 Å². The molecule has 0 fully saturated rings. The number of carboxylic acids is 1. The maximum absolute atomic E-state index is 12.4. The molecule has 1 aromatic heterocycles. The molecule has 0 spiro atoms. The Kier molecular flexibility index (Phi) is 7.77. The first kappa shape index (κ1) is 24.4. The van der Waals surface area contributed by atoms with Crippen LogP contribution in [0.5, 0.6) is 0 Å². The Bertz CT molecular complexity index is 1180. The lowest BCUT2D eigenvalue weighted by molar-refractivity contribution is -0.141. The number of nitrogens with one attached hydrogen (secondary N) is 2. The smallest absolute Gasteiger partial charge is 0.413 e. The number of benzene rings is 2. The van der Waals surface area contributed by atoms with Crippen LogP contribution in [0.2, 0.25) is 0 Å². The number of amides is 2. The van der Waals surface area contributed by atoms with Crippen LogP contribution >= 0.6 is 11.3 Å². The molecular weight excluding hydrogens is 466 g/mol. The van der Waals surface area contributed by atoms with Crippen LogP contribution in [-0.2, 0) is 20.7 Å². The second kappa shape index (κ2) is 11.1. The molecule has 35 heavy (non-hydrogen) atoms. The molecule has 0 bridgehead atoms. The topological polar surface area (TPSA) is 118 Å². The van der Waals surface area contributed by atoms with Crippen molar-refractivity contribution in [2.24, 2.45) is 5.92 Å². The molecule has 0 radical (unpaired) electrons. The molecule has 0 aliphatic heterocycles. The number of aliphatic carboxylic acids is 1. The molecule has 2 amide bonds. The van der Waals surface area contributed by atoms with Crippen LogP contribution in [0.25, 0.3) is 11.1 Å². The molecule has 1 unspecified atom stereocenters. The van der Waals surface area contributed by atoms with Gasteiger partial charge in [0.15, 0.2) is 5.13 Å². The molecule has 0 saturated heterocycles. The standard InChI is InChI=1S/C26H27N3O5S/c1-2-7-16(24(31)32)13-27-23(30)12-17-15-35-25(28-17)29-26(33)34-14-22-20-10-5-3-8-18(20)19-9-4-6-11-21(19)22/h3-6,8-11,15-16,22H,2,7,12-14H2,1H3,(H,27,30)(H,31,32)(H,28,29,33). The predicted octanol–water partition coefficient (Wildman–Crippen LogP) is 4.66. The Balaban J connectivity index is 1.28. The van der Waals surface area contributed by atoms with Gasteiger partial charge in [0.2, 0.25) is 5.91 Å². The zero-order valence-corrected chi connectivity index (χ0v) is 20.1. The highest BCUT2D eigenvalue weighted by Gasteiger charge is 2.29. The lowest BCUT2D eigenvalue weighted by Gasteiger charge is -2.14. The molecule has 2 aromatic carbocycles. The highest BCUT2D eigenvalue weighted by atomic mass is 32.1. The number of thiazole rings is 1. The van der Waals surface area contributed by atoms with Crippen LogP contribution in [0.15, 0.2) is 53.9 Å². The first-order valence-electron chi connectivity index (χ1n) is 11.5. The Morgan fingerprint density at radius 3 is 2.37 bits per heavy atom. The van der Waals surface area contributed by atoms with Gasteiger partial charge in [-0.1, -0.05) is 61.9 Å². The third kappa shape index (κ3) is 5.86. The summed E-state index contributed by atoms with van der Waals surface area (Å²) in [6.07, 6.45) is 0.618. The summed E-state index contributed by atoms with van der Waals surface area (Å²) in [5.74, 6) is -1.88. The number of carboxylic acid groups (broad SMARTS) is 1. The fraction of sp³-hybridized carbons (Fsp3) is 0.308. The minimum Gasteiger partial charge on any atom is -0.481 e. The number of rotatable bonds is 10. The van der Waals surface area contributed by atoms with Crippen LogP contribution in [0.3, 0.4) is 0 Å². The SMILES string of the molecule is CCCC(CNC(=O)Cc1csc(NC(=O)OCC2c3ccccc3-c3ccccc32)n1)C(=O)O. The van der Waals surface area contributed by atoms with Crippen molar-refractivity contribution < 1.29 is 24.2 Å². The molecule has 182 valence electrons. The minimum absolute atomic E-state index is 0.00132. The van der Waals surface area contributed by atoms with E-state index < -0.39 is 18.0 Å². The first-order valence-corrected chi connectivity index (χ1v) is 12.4. The van der Waals surface area contributed by atoms with E-state index in [1.807, 2.05) is 31.2 Å². The van der Waals surface area contributed by atoms with E-state index in [4.69, 9.17) is 4.74 Å². The molecule has 3 aromatic rings. The number of ether oxygens (including phenoxy) is 1. The number of carbonyl (C=O) groups is 3. The molecule has 0 saturated carbocycles. The number of nitrogens with zero attached hydrogens (tertiary/aromatic N) is 1.